The fourth-order valence-electron chi connectivity index (χ4n) is 1.35. The number of nitrogens with two attached hydrogens (primary N) is 1. The fourth-order valence-corrected chi connectivity index (χ4v) is 1.35. The average Bonchev–Trinajstić information content (AvgIpc) is 2.30. The Hall–Kier alpha value is -2.03. The lowest BCUT2D eigenvalue weighted by atomic mass is 10.1. The Bertz CT molecular complexity index is 451. The molecule has 0 aliphatic heterocycles. The summed E-state index contributed by atoms with van der Waals surface area (Å²) in [7, 11) is 1.64. The molecule has 3 heteroatoms. The molecule has 0 amide bonds. The van der Waals surface area contributed by atoms with E-state index >= 15 is 0 Å². The molecule has 2 rings (SSSR count). The third-order valence-corrected chi connectivity index (χ3v) is 2.17. The monoisotopic (exact) mass is 200 g/mol. The van der Waals surface area contributed by atoms with Gasteiger partial charge in [0.1, 0.15) is 5.75 Å². The van der Waals surface area contributed by atoms with Crippen molar-refractivity contribution in [1.29, 1.82) is 0 Å². The molecule has 0 atom stereocenters. The number of methoxy groups -OCH3 is 1. The summed E-state index contributed by atoms with van der Waals surface area (Å²) in [4.78, 5) is 4.27. The third-order valence-electron chi connectivity index (χ3n) is 2.17. The third kappa shape index (κ3) is 2.07. The first-order valence-electron chi connectivity index (χ1n) is 4.65. The second kappa shape index (κ2) is 4.00. The van der Waals surface area contributed by atoms with E-state index in [9.17, 15) is 0 Å². The summed E-state index contributed by atoms with van der Waals surface area (Å²) in [6.45, 7) is 0. The molecule has 1 aromatic heterocycles. The first-order chi connectivity index (χ1) is 7.29. The van der Waals surface area contributed by atoms with Crippen molar-refractivity contribution < 1.29 is 4.74 Å². The van der Waals surface area contributed by atoms with E-state index in [1.807, 2.05) is 36.4 Å². The minimum absolute atomic E-state index is 0.752. The molecule has 3 nitrogen and oxygen atoms in total. The van der Waals surface area contributed by atoms with Crippen molar-refractivity contribution in [2.45, 2.75) is 0 Å². The zero-order valence-corrected chi connectivity index (χ0v) is 8.47. The summed E-state index contributed by atoms with van der Waals surface area (Å²) in [5, 5.41) is 0. The van der Waals surface area contributed by atoms with Crippen LogP contribution in [0.25, 0.3) is 11.3 Å². The number of nitrogens with zero attached hydrogens (tertiary/aromatic N) is 1. The van der Waals surface area contributed by atoms with E-state index in [1.165, 1.54) is 0 Å². The predicted molar refractivity (Wildman–Crippen MR) is 60.6 cm³/mol. The van der Waals surface area contributed by atoms with Crippen molar-refractivity contribution in [3.05, 3.63) is 42.6 Å². The Labute approximate surface area is 88.5 Å². The number of ether oxygens (including phenoxy) is 1. The van der Waals surface area contributed by atoms with Gasteiger partial charge in [0.05, 0.1) is 12.8 Å². The van der Waals surface area contributed by atoms with Crippen LogP contribution in [-0.2, 0) is 0 Å². The van der Waals surface area contributed by atoms with Crippen LogP contribution in [-0.4, -0.2) is 12.1 Å². The molecule has 15 heavy (non-hydrogen) atoms. The van der Waals surface area contributed by atoms with Crippen LogP contribution in [0.5, 0.6) is 5.75 Å². The van der Waals surface area contributed by atoms with Crippen LogP contribution in [0, 0.1) is 0 Å². The van der Waals surface area contributed by atoms with Gasteiger partial charge in [0.2, 0.25) is 0 Å². The van der Waals surface area contributed by atoms with Gasteiger partial charge in [0, 0.05) is 23.5 Å². The lowest BCUT2D eigenvalue weighted by Gasteiger charge is -2.03. The summed E-state index contributed by atoms with van der Waals surface area (Å²) in [6.07, 6.45) is 1.73. The molecule has 0 aliphatic rings. The molecular formula is C12H12N2O. The van der Waals surface area contributed by atoms with E-state index in [0.717, 1.165) is 22.7 Å². The van der Waals surface area contributed by atoms with Crippen LogP contribution in [0.15, 0.2) is 42.6 Å². The van der Waals surface area contributed by atoms with E-state index in [1.54, 1.807) is 13.3 Å². The molecule has 1 aromatic carbocycles. The molecule has 0 radical (unpaired) electrons. The van der Waals surface area contributed by atoms with Crippen molar-refractivity contribution in [3.8, 4) is 17.0 Å². The number of rotatable bonds is 2. The molecule has 0 saturated heterocycles. The smallest absolute Gasteiger partial charge is 0.122 e. The van der Waals surface area contributed by atoms with Gasteiger partial charge in [0.15, 0.2) is 0 Å². The summed E-state index contributed by atoms with van der Waals surface area (Å²) < 4.78 is 5.14. The molecule has 0 fully saturated rings. The van der Waals surface area contributed by atoms with Gasteiger partial charge in [0.25, 0.3) is 0 Å². The molecule has 0 aliphatic carbocycles. The quantitative estimate of drug-likeness (QED) is 0.757. The van der Waals surface area contributed by atoms with Gasteiger partial charge in [-0.15, -0.1) is 0 Å². The average molecular weight is 200 g/mol. The van der Waals surface area contributed by atoms with Gasteiger partial charge in [-0.1, -0.05) is 12.1 Å². The minimum Gasteiger partial charge on any atom is -0.497 e. The van der Waals surface area contributed by atoms with E-state index in [4.69, 9.17) is 10.5 Å². The zero-order chi connectivity index (χ0) is 10.7. The number of pyridine rings is 1. The van der Waals surface area contributed by atoms with Crippen LogP contribution in [0.3, 0.4) is 0 Å². The maximum absolute atomic E-state index is 5.62. The summed E-state index contributed by atoms with van der Waals surface area (Å²) in [6, 6.07) is 11.3. The predicted octanol–water partition coefficient (Wildman–Crippen LogP) is 2.34. The van der Waals surface area contributed by atoms with Crippen LogP contribution < -0.4 is 10.5 Å². The number of hydrogen-bond acceptors (Lipinski definition) is 3. The van der Waals surface area contributed by atoms with Crippen molar-refractivity contribution in [2.75, 3.05) is 12.8 Å². The fraction of sp³-hybridized carbons (Fsp3) is 0.0833. The maximum Gasteiger partial charge on any atom is 0.122 e. The van der Waals surface area contributed by atoms with Gasteiger partial charge in [-0.25, -0.2) is 0 Å². The van der Waals surface area contributed by atoms with Crippen LogP contribution in [0.1, 0.15) is 0 Å². The first kappa shape index (κ1) is 9.52. The van der Waals surface area contributed by atoms with E-state index in [0.29, 0.717) is 0 Å². The highest BCUT2D eigenvalue weighted by atomic mass is 16.5. The Morgan fingerprint density at radius 2 is 1.87 bits per heavy atom. The highest BCUT2D eigenvalue weighted by Crippen LogP contribution is 2.21. The van der Waals surface area contributed by atoms with Crippen molar-refractivity contribution in [1.82, 2.24) is 4.98 Å². The van der Waals surface area contributed by atoms with Gasteiger partial charge < -0.3 is 10.5 Å². The topological polar surface area (TPSA) is 48.1 Å². The van der Waals surface area contributed by atoms with Gasteiger partial charge in [-0.3, -0.25) is 4.98 Å². The second-order valence-corrected chi connectivity index (χ2v) is 3.20. The van der Waals surface area contributed by atoms with Crippen LogP contribution in [0.2, 0.25) is 0 Å². The summed E-state index contributed by atoms with van der Waals surface area (Å²) in [5.41, 5.74) is 8.28. The molecule has 0 bridgehead atoms. The molecule has 2 N–H and O–H groups in total. The lowest BCUT2D eigenvalue weighted by molar-refractivity contribution is 0.414. The van der Waals surface area contributed by atoms with Crippen molar-refractivity contribution >= 4 is 5.69 Å². The SMILES string of the molecule is COc1ccnc(-c2ccc(N)cc2)c1. The zero-order valence-electron chi connectivity index (χ0n) is 8.47. The molecule has 0 saturated carbocycles. The minimum atomic E-state index is 0.752. The van der Waals surface area contributed by atoms with Gasteiger partial charge in [-0.05, 0) is 18.2 Å². The Balaban J connectivity index is 2.40. The molecule has 0 spiro atoms. The molecule has 1 heterocycles. The first-order valence-corrected chi connectivity index (χ1v) is 4.65. The number of benzene rings is 1. The van der Waals surface area contributed by atoms with E-state index in [2.05, 4.69) is 4.98 Å². The number of nitrogen functional groups attached to an aromatic ring is 1. The summed E-state index contributed by atoms with van der Waals surface area (Å²) >= 11 is 0. The summed E-state index contributed by atoms with van der Waals surface area (Å²) in [5.74, 6) is 0.803. The van der Waals surface area contributed by atoms with Gasteiger partial charge in [-0.2, -0.15) is 0 Å². The van der Waals surface area contributed by atoms with Crippen molar-refractivity contribution in [3.63, 3.8) is 0 Å². The molecular weight excluding hydrogens is 188 g/mol. The lowest BCUT2D eigenvalue weighted by Crippen LogP contribution is -1.88. The van der Waals surface area contributed by atoms with E-state index < -0.39 is 0 Å². The highest BCUT2D eigenvalue weighted by Gasteiger charge is 2.00. The normalized spacial score (nSPS) is 9.93. The number of hydrogen-bond donors (Lipinski definition) is 1. The van der Waals surface area contributed by atoms with Crippen LogP contribution >= 0.6 is 0 Å². The van der Waals surface area contributed by atoms with Gasteiger partial charge >= 0.3 is 0 Å². The maximum atomic E-state index is 5.62. The van der Waals surface area contributed by atoms with Crippen molar-refractivity contribution in [2.24, 2.45) is 0 Å². The second-order valence-electron chi connectivity index (χ2n) is 3.20. The number of aromatic nitrogens is 1. The number of anilines is 1. The highest BCUT2D eigenvalue weighted by molar-refractivity contribution is 5.62. The largest absolute Gasteiger partial charge is 0.497 e. The Kier molecular flexibility index (Phi) is 2.54. The van der Waals surface area contributed by atoms with E-state index in [-0.39, 0.29) is 0 Å². The standard InChI is InChI=1S/C12H12N2O/c1-15-11-6-7-14-12(8-11)9-2-4-10(13)5-3-9/h2-8H,13H2,1H3. The molecule has 76 valence electrons. The molecule has 2 aromatic rings. The Morgan fingerprint density at radius 1 is 1.13 bits per heavy atom. The Morgan fingerprint density at radius 3 is 2.53 bits per heavy atom. The van der Waals surface area contributed by atoms with Crippen LogP contribution in [0.4, 0.5) is 5.69 Å². The molecule has 0 unspecified atom stereocenters.